The number of amides is 1. The lowest BCUT2D eigenvalue weighted by atomic mass is 9.93. The topological polar surface area (TPSA) is 81.6 Å². The number of phenolic OH excluding ortho intramolecular Hbond substituents is 1. The molecule has 0 saturated carbocycles. The Labute approximate surface area is 202 Å². The van der Waals surface area contributed by atoms with Gasteiger partial charge in [0.2, 0.25) is 5.91 Å². The average Bonchev–Trinajstić information content (AvgIpc) is 2.82. The van der Waals surface area contributed by atoms with E-state index in [0.717, 1.165) is 24.0 Å². The highest BCUT2D eigenvalue weighted by Crippen LogP contribution is 2.19. The molecule has 3 aromatic rings. The van der Waals surface area contributed by atoms with Crippen molar-refractivity contribution in [2.24, 2.45) is 0 Å². The maximum atomic E-state index is 12.2. The minimum Gasteiger partial charge on any atom is -0.508 e. The van der Waals surface area contributed by atoms with Crippen molar-refractivity contribution in [3.8, 4) is 5.75 Å². The molecular formula is C29H36N2O3. The summed E-state index contributed by atoms with van der Waals surface area (Å²) in [6.07, 6.45) is 2.17. The summed E-state index contributed by atoms with van der Waals surface area (Å²) in [5, 5.41) is 26.3. The van der Waals surface area contributed by atoms with Crippen LogP contribution in [-0.2, 0) is 24.1 Å². The summed E-state index contributed by atoms with van der Waals surface area (Å²) in [5.74, 6) is 0.264. The van der Waals surface area contributed by atoms with Gasteiger partial charge in [0.25, 0.3) is 0 Å². The first-order valence-electron chi connectivity index (χ1n) is 11.9. The maximum Gasteiger partial charge on any atom is 0.220 e. The van der Waals surface area contributed by atoms with Crippen molar-refractivity contribution in [1.29, 1.82) is 0 Å². The van der Waals surface area contributed by atoms with Gasteiger partial charge in [-0.05, 0) is 67.5 Å². The predicted octanol–water partition coefficient (Wildman–Crippen LogP) is 4.33. The van der Waals surface area contributed by atoms with E-state index in [4.69, 9.17) is 0 Å². The summed E-state index contributed by atoms with van der Waals surface area (Å²) in [4.78, 5) is 12.2. The number of hydrogen-bond acceptors (Lipinski definition) is 4. The van der Waals surface area contributed by atoms with E-state index in [9.17, 15) is 15.0 Å². The lowest BCUT2D eigenvalue weighted by molar-refractivity contribution is -0.121. The zero-order valence-electron chi connectivity index (χ0n) is 20.1. The molecule has 0 spiro atoms. The van der Waals surface area contributed by atoms with Crippen LogP contribution in [0.2, 0.25) is 0 Å². The normalized spacial score (nSPS) is 12.3. The summed E-state index contributed by atoms with van der Waals surface area (Å²) in [6, 6.07) is 25.2. The molecule has 0 aromatic heterocycles. The Morgan fingerprint density at radius 3 is 2.29 bits per heavy atom. The van der Waals surface area contributed by atoms with Crippen molar-refractivity contribution >= 4 is 5.91 Å². The van der Waals surface area contributed by atoms with Crippen molar-refractivity contribution in [2.75, 3.05) is 13.1 Å². The molecule has 34 heavy (non-hydrogen) atoms. The third-order valence-electron chi connectivity index (χ3n) is 5.91. The van der Waals surface area contributed by atoms with E-state index in [-0.39, 0.29) is 17.2 Å². The van der Waals surface area contributed by atoms with Gasteiger partial charge in [0.05, 0.1) is 6.10 Å². The predicted molar refractivity (Wildman–Crippen MR) is 137 cm³/mol. The number of β-amino-alcohol motifs (C(OH)–C–C–N with tert-alkyl or cyclic N) is 1. The molecule has 1 unspecified atom stereocenters. The number of carbonyl (C=O) groups excluding carboxylic acids is 1. The fraction of sp³-hybridized carbons (Fsp3) is 0.345. The second-order valence-corrected chi connectivity index (χ2v) is 9.45. The Kier molecular flexibility index (Phi) is 9.25. The minimum absolute atomic E-state index is 0.0755. The third kappa shape index (κ3) is 8.65. The molecule has 0 saturated heterocycles. The van der Waals surface area contributed by atoms with Crippen molar-refractivity contribution in [1.82, 2.24) is 10.6 Å². The van der Waals surface area contributed by atoms with Crippen LogP contribution in [0.4, 0.5) is 0 Å². The molecule has 5 heteroatoms. The van der Waals surface area contributed by atoms with Crippen LogP contribution in [0.25, 0.3) is 0 Å². The largest absolute Gasteiger partial charge is 0.508 e. The fourth-order valence-electron chi connectivity index (χ4n) is 3.99. The molecule has 0 heterocycles. The van der Waals surface area contributed by atoms with Crippen LogP contribution < -0.4 is 10.6 Å². The third-order valence-corrected chi connectivity index (χ3v) is 5.91. The number of rotatable bonds is 12. The first-order valence-corrected chi connectivity index (χ1v) is 11.9. The quantitative estimate of drug-likeness (QED) is 0.324. The van der Waals surface area contributed by atoms with Crippen molar-refractivity contribution in [3.63, 3.8) is 0 Å². The number of aromatic hydroxyl groups is 1. The highest BCUT2D eigenvalue weighted by molar-refractivity contribution is 5.76. The molecule has 0 fully saturated rings. The van der Waals surface area contributed by atoms with E-state index in [1.807, 2.05) is 24.3 Å². The Hall–Kier alpha value is -3.15. The number of aryl methyl sites for hydroxylation is 1. The first-order chi connectivity index (χ1) is 16.3. The van der Waals surface area contributed by atoms with Crippen LogP contribution in [0.5, 0.6) is 5.75 Å². The van der Waals surface area contributed by atoms with Crippen LogP contribution in [-0.4, -0.2) is 34.7 Å². The highest BCUT2D eigenvalue weighted by Gasteiger charge is 2.20. The molecule has 3 aromatic carbocycles. The number of phenols is 1. The smallest absolute Gasteiger partial charge is 0.220 e. The summed E-state index contributed by atoms with van der Waals surface area (Å²) >= 11 is 0. The lowest BCUT2D eigenvalue weighted by Crippen LogP contribution is -2.43. The molecule has 0 radical (unpaired) electrons. The summed E-state index contributed by atoms with van der Waals surface area (Å²) in [6.45, 7) is 5.30. The second-order valence-electron chi connectivity index (χ2n) is 9.45. The van der Waals surface area contributed by atoms with Gasteiger partial charge in [0, 0.05) is 25.0 Å². The van der Waals surface area contributed by atoms with Crippen LogP contribution in [0, 0.1) is 0 Å². The van der Waals surface area contributed by atoms with E-state index in [0.29, 0.717) is 25.9 Å². The van der Waals surface area contributed by atoms with E-state index < -0.39 is 6.10 Å². The molecule has 0 aliphatic heterocycles. The van der Waals surface area contributed by atoms with Gasteiger partial charge in [-0.15, -0.1) is 0 Å². The number of benzene rings is 3. The van der Waals surface area contributed by atoms with Gasteiger partial charge in [0.15, 0.2) is 0 Å². The summed E-state index contributed by atoms with van der Waals surface area (Å²) < 4.78 is 0. The second kappa shape index (κ2) is 12.4. The van der Waals surface area contributed by atoms with Gasteiger partial charge < -0.3 is 20.8 Å². The van der Waals surface area contributed by atoms with Crippen molar-refractivity contribution < 1.29 is 15.0 Å². The SMILES string of the molecule is CC(C)(Cc1cccc(CCC(=O)NCCc2ccccc2)c1)NCC(O)c1ccc(O)cc1. The zero-order chi connectivity index (χ0) is 24.4. The summed E-state index contributed by atoms with van der Waals surface area (Å²) in [7, 11) is 0. The van der Waals surface area contributed by atoms with E-state index in [1.54, 1.807) is 24.3 Å². The first kappa shape index (κ1) is 25.5. The highest BCUT2D eigenvalue weighted by atomic mass is 16.3. The molecule has 3 rings (SSSR count). The molecule has 180 valence electrons. The van der Waals surface area contributed by atoms with Crippen molar-refractivity contribution in [3.05, 3.63) is 101 Å². The maximum absolute atomic E-state index is 12.2. The molecule has 5 nitrogen and oxygen atoms in total. The molecule has 0 bridgehead atoms. The van der Waals surface area contributed by atoms with Crippen molar-refractivity contribution in [2.45, 2.75) is 51.2 Å². The van der Waals surface area contributed by atoms with Crippen LogP contribution in [0.1, 0.15) is 48.6 Å². The molecule has 4 N–H and O–H groups in total. The monoisotopic (exact) mass is 460 g/mol. The molecule has 1 amide bonds. The van der Waals surface area contributed by atoms with E-state index in [2.05, 4.69) is 54.8 Å². The molecule has 0 aliphatic carbocycles. The molecule has 0 aliphatic rings. The standard InChI is InChI=1S/C29H36N2O3/c1-29(2,31-21-27(33)25-12-14-26(32)15-13-25)20-24-10-6-9-23(19-24)11-16-28(34)30-18-17-22-7-4-3-5-8-22/h3-10,12-15,19,27,31-33H,11,16-18,20-21H2,1-2H3,(H,30,34). The van der Waals surface area contributed by atoms with Crippen LogP contribution in [0.15, 0.2) is 78.9 Å². The van der Waals surface area contributed by atoms with Crippen LogP contribution in [0.3, 0.4) is 0 Å². The number of hydrogen-bond donors (Lipinski definition) is 4. The number of aliphatic hydroxyl groups excluding tert-OH is 1. The van der Waals surface area contributed by atoms with Gasteiger partial charge >= 0.3 is 0 Å². The number of carbonyl (C=O) groups is 1. The van der Waals surface area contributed by atoms with Gasteiger partial charge in [0.1, 0.15) is 5.75 Å². The van der Waals surface area contributed by atoms with Gasteiger partial charge in [-0.25, -0.2) is 0 Å². The Morgan fingerprint density at radius 1 is 0.882 bits per heavy atom. The van der Waals surface area contributed by atoms with E-state index >= 15 is 0 Å². The molecule has 1 atom stereocenters. The Balaban J connectivity index is 1.43. The van der Waals surface area contributed by atoms with Gasteiger partial charge in [-0.2, -0.15) is 0 Å². The van der Waals surface area contributed by atoms with Gasteiger partial charge in [-0.3, -0.25) is 4.79 Å². The lowest BCUT2D eigenvalue weighted by Gasteiger charge is -2.28. The van der Waals surface area contributed by atoms with Gasteiger partial charge in [-0.1, -0.05) is 66.7 Å². The molecular weight excluding hydrogens is 424 g/mol. The zero-order valence-corrected chi connectivity index (χ0v) is 20.1. The van der Waals surface area contributed by atoms with E-state index in [1.165, 1.54) is 11.1 Å². The minimum atomic E-state index is -0.647. The Morgan fingerprint density at radius 2 is 1.56 bits per heavy atom. The number of aliphatic hydroxyl groups is 1. The average molecular weight is 461 g/mol. The summed E-state index contributed by atoms with van der Waals surface area (Å²) in [5.41, 5.74) is 4.12. The fourth-order valence-corrected chi connectivity index (χ4v) is 3.99. The Bertz CT molecular complexity index is 1030. The van der Waals surface area contributed by atoms with Crippen LogP contribution >= 0.6 is 0 Å². The number of nitrogens with one attached hydrogen (secondary N) is 2.